The molecule has 2 aromatic heterocycles. The Morgan fingerprint density at radius 3 is 1.46 bits per heavy atom. The number of para-hydroxylation sites is 4. The summed E-state index contributed by atoms with van der Waals surface area (Å²) in [5.41, 5.74) is 10.6. The minimum Gasteiger partial charge on any atom is -0.308 e. The Bertz CT molecular complexity index is 2600. The molecule has 0 saturated heterocycles. The first-order chi connectivity index (χ1) is 22.9. The predicted molar refractivity (Wildman–Crippen MR) is 197 cm³/mol. The zero-order valence-corrected chi connectivity index (χ0v) is 25.7. The van der Waals surface area contributed by atoms with E-state index in [1.807, 2.05) is 11.3 Å². The SMILES string of the molecule is c1ccc(N2c3ccccc3N(c3ccc(-n4c5ccccc5c5sccc54)cc3)c3c2c2ccccc2c2ccccc32)cc1. The number of hydrogen-bond acceptors (Lipinski definition) is 3. The van der Waals surface area contributed by atoms with E-state index >= 15 is 0 Å². The summed E-state index contributed by atoms with van der Waals surface area (Å²) in [7, 11) is 0. The lowest BCUT2D eigenvalue weighted by Gasteiger charge is -2.42. The van der Waals surface area contributed by atoms with E-state index in [4.69, 9.17) is 0 Å². The number of thiophene rings is 1. The van der Waals surface area contributed by atoms with E-state index in [2.05, 4.69) is 177 Å². The summed E-state index contributed by atoms with van der Waals surface area (Å²) < 4.78 is 3.72. The fraction of sp³-hybridized carbons (Fsp3) is 0. The maximum atomic E-state index is 2.47. The largest absolute Gasteiger partial charge is 0.308 e. The second-order valence-corrected chi connectivity index (χ2v) is 12.7. The molecule has 0 N–H and O–H groups in total. The van der Waals surface area contributed by atoms with Crippen LogP contribution in [0.4, 0.5) is 34.1 Å². The van der Waals surface area contributed by atoms with Crippen molar-refractivity contribution < 1.29 is 0 Å². The summed E-state index contributed by atoms with van der Waals surface area (Å²) >= 11 is 1.81. The molecular weight excluding hydrogens is 579 g/mol. The van der Waals surface area contributed by atoms with Crippen molar-refractivity contribution in [1.29, 1.82) is 0 Å². The number of hydrogen-bond donors (Lipinski definition) is 0. The fourth-order valence-electron chi connectivity index (χ4n) is 7.45. The molecule has 0 saturated carbocycles. The normalized spacial score (nSPS) is 12.7. The molecule has 46 heavy (non-hydrogen) atoms. The quantitative estimate of drug-likeness (QED) is 0.186. The number of benzene rings is 7. The van der Waals surface area contributed by atoms with Gasteiger partial charge < -0.3 is 14.4 Å². The fourth-order valence-corrected chi connectivity index (χ4v) is 8.37. The van der Waals surface area contributed by atoms with E-state index in [0.717, 1.165) is 28.4 Å². The van der Waals surface area contributed by atoms with Gasteiger partial charge in [-0.3, -0.25) is 0 Å². The molecule has 0 spiro atoms. The standard InChI is InChI=1S/C42H27N3S/c1-2-12-28(13-3-1)44-37-20-10-11-21-38(37)45(41-34-17-7-5-15-32(34)31-14-4-6-16-33(31)40(41)44)30-24-22-29(23-25-30)43-36-19-9-8-18-35(36)42-39(43)26-27-46-42/h1-27H. The number of aromatic nitrogens is 1. The molecule has 0 bridgehead atoms. The van der Waals surface area contributed by atoms with E-state index in [0.29, 0.717) is 0 Å². The average Bonchev–Trinajstić information content (AvgIpc) is 3.73. The monoisotopic (exact) mass is 605 g/mol. The van der Waals surface area contributed by atoms with Crippen LogP contribution in [-0.4, -0.2) is 4.57 Å². The van der Waals surface area contributed by atoms with Crippen molar-refractivity contribution >= 4 is 88.1 Å². The molecule has 1 aliphatic rings. The molecule has 4 heteroatoms. The third kappa shape index (κ3) is 3.53. The first kappa shape index (κ1) is 25.5. The zero-order valence-electron chi connectivity index (χ0n) is 24.8. The van der Waals surface area contributed by atoms with Gasteiger partial charge in [-0.25, -0.2) is 0 Å². The number of anilines is 6. The van der Waals surface area contributed by atoms with Crippen LogP contribution in [-0.2, 0) is 0 Å². The Morgan fingerprint density at radius 2 is 0.826 bits per heavy atom. The Balaban J connectivity index is 1.26. The minimum atomic E-state index is 1.13. The van der Waals surface area contributed by atoms with E-state index in [9.17, 15) is 0 Å². The molecule has 0 fully saturated rings. The molecule has 0 amide bonds. The van der Waals surface area contributed by atoms with Gasteiger partial charge >= 0.3 is 0 Å². The lowest BCUT2D eigenvalue weighted by molar-refractivity contribution is 1.16. The van der Waals surface area contributed by atoms with Crippen LogP contribution in [0.25, 0.3) is 48.4 Å². The van der Waals surface area contributed by atoms with Gasteiger partial charge in [0.15, 0.2) is 0 Å². The second-order valence-electron chi connectivity index (χ2n) is 11.8. The molecule has 3 nitrogen and oxygen atoms in total. The highest BCUT2D eigenvalue weighted by Gasteiger charge is 2.33. The van der Waals surface area contributed by atoms with Crippen molar-refractivity contribution in [3.05, 3.63) is 163 Å². The third-order valence-electron chi connectivity index (χ3n) is 9.35. The van der Waals surface area contributed by atoms with Crippen LogP contribution in [0, 0.1) is 0 Å². The number of fused-ring (bicyclic) bond motifs is 10. The lowest BCUT2D eigenvalue weighted by Crippen LogP contribution is -2.24. The van der Waals surface area contributed by atoms with E-state index in [-0.39, 0.29) is 0 Å². The van der Waals surface area contributed by atoms with Gasteiger partial charge in [0.1, 0.15) is 0 Å². The molecule has 0 unspecified atom stereocenters. The second kappa shape index (κ2) is 9.83. The van der Waals surface area contributed by atoms with Crippen LogP contribution in [0.15, 0.2) is 163 Å². The van der Waals surface area contributed by atoms with Gasteiger partial charge in [-0.1, -0.05) is 97.1 Å². The maximum absolute atomic E-state index is 2.47. The van der Waals surface area contributed by atoms with Crippen molar-refractivity contribution in [2.75, 3.05) is 9.80 Å². The molecule has 0 radical (unpaired) electrons. The highest BCUT2D eigenvalue weighted by molar-refractivity contribution is 7.18. The summed E-state index contributed by atoms with van der Waals surface area (Å²) in [6.07, 6.45) is 0. The van der Waals surface area contributed by atoms with Crippen LogP contribution in [0.1, 0.15) is 0 Å². The highest BCUT2D eigenvalue weighted by atomic mass is 32.1. The van der Waals surface area contributed by atoms with Crippen molar-refractivity contribution in [3.8, 4) is 5.69 Å². The smallest absolute Gasteiger partial charge is 0.0788 e. The van der Waals surface area contributed by atoms with Crippen molar-refractivity contribution in [2.45, 2.75) is 0 Å². The maximum Gasteiger partial charge on any atom is 0.0788 e. The van der Waals surface area contributed by atoms with Gasteiger partial charge in [0.2, 0.25) is 0 Å². The molecule has 216 valence electrons. The predicted octanol–water partition coefficient (Wildman–Crippen LogP) is 12.4. The zero-order chi connectivity index (χ0) is 30.2. The molecule has 7 aromatic carbocycles. The number of rotatable bonds is 3. The summed E-state index contributed by atoms with van der Waals surface area (Å²) in [6.45, 7) is 0. The first-order valence-corrected chi connectivity index (χ1v) is 16.5. The summed E-state index contributed by atoms with van der Waals surface area (Å²) in [5, 5.41) is 8.46. The van der Waals surface area contributed by atoms with Gasteiger partial charge in [0.05, 0.1) is 38.5 Å². The van der Waals surface area contributed by atoms with Gasteiger partial charge in [-0.05, 0) is 76.8 Å². The lowest BCUT2D eigenvalue weighted by atomic mass is 9.93. The van der Waals surface area contributed by atoms with Crippen LogP contribution in [0.2, 0.25) is 0 Å². The van der Waals surface area contributed by atoms with Crippen LogP contribution in [0.5, 0.6) is 0 Å². The Labute approximate surface area is 270 Å². The number of nitrogens with zero attached hydrogens (tertiary/aromatic N) is 3. The molecule has 0 atom stereocenters. The Hall–Kier alpha value is -5.84. The molecule has 9 aromatic rings. The van der Waals surface area contributed by atoms with Gasteiger partial charge in [0.25, 0.3) is 0 Å². The van der Waals surface area contributed by atoms with Gasteiger partial charge in [0, 0.05) is 33.2 Å². The van der Waals surface area contributed by atoms with Crippen molar-refractivity contribution in [3.63, 3.8) is 0 Å². The average molecular weight is 606 g/mol. The molecular formula is C42H27N3S. The van der Waals surface area contributed by atoms with Crippen molar-refractivity contribution in [2.24, 2.45) is 0 Å². The third-order valence-corrected chi connectivity index (χ3v) is 10.3. The summed E-state index contributed by atoms with van der Waals surface area (Å²) in [5.74, 6) is 0. The Kier molecular flexibility index (Phi) is 5.45. The first-order valence-electron chi connectivity index (χ1n) is 15.6. The minimum absolute atomic E-state index is 1.13. The molecule has 1 aliphatic heterocycles. The van der Waals surface area contributed by atoms with Crippen molar-refractivity contribution in [1.82, 2.24) is 4.57 Å². The topological polar surface area (TPSA) is 11.4 Å². The summed E-state index contributed by atoms with van der Waals surface area (Å²) in [4.78, 5) is 4.92. The Morgan fingerprint density at radius 1 is 0.348 bits per heavy atom. The van der Waals surface area contributed by atoms with Gasteiger partial charge in [-0.2, -0.15) is 0 Å². The van der Waals surface area contributed by atoms with E-state index in [1.54, 1.807) is 0 Å². The van der Waals surface area contributed by atoms with E-state index < -0.39 is 0 Å². The van der Waals surface area contributed by atoms with E-state index in [1.165, 1.54) is 54.0 Å². The van der Waals surface area contributed by atoms with Crippen LogP contribution >= 0.6 is 11.3 Å². The molecule has 0 aliphatic carbocycles. The van der Waals surface area contributed by atoms with Crippen LogP contribution < -0.4 is 9.80 Å². The highest BCUT2D eigenvalue weighted by Crippen LogP contribution is 2.58. The molecule has 10 rings (SSSR count). The molecule has 3 heterocycles. The summed E-state index contributed by atoms with van der Waals surface area (Å²) in [6, 6.07) is 57.3. The van der Waals surface area contributed by atoms with Crippen LogP contribution in [0.3, 0.4) is 0 Å². The van der Waals surface area contributed by atoms with Gasteiger partial charge in [-0.15, -0.1) is 11.3 Å².